The maximum absolute atomic E-state index is 12.7. The molecule has 0 fully saturated rings. The normalized spacial score (nSPS) is 12.2. The molecular formula is C21H27N3O3S. The van der Waals surface area contributed by atoms with Crippen LogP contribution in [0.4, 0.5) is 5.69 Å². The van der Waals surface area contributed by atoms with Crippen LogP contribution in [0.1, 0.15) is 36.5 Å². The van der Waals surface area contributed by atoms with E-state index in [2.05, 4.69) is 36.1 Å². The molecule has 28 heavy (non-hydrogen) atoms. The molecule has 150 valence electrons. The van der Waals surface area contributed by atoms with Gasteiger partial charge in [-0.2, -0.15) is 0 Å². The first kappa shape index (κ1) is 20.2. The van der Waals surface area contributed by atoms with Gasteiger partial charge in [0.05, 0.1) is 26.2 Å². The number of aromatic amines is 1. The SMILES string of the molecule is CC[C@@H](C)Cc1c(C)sc2nc(CNc3ccc(OC)c(OC)c3)[nH]c(=O)c12. The van der Waals surface area contributed by atoms with Gasteiger partial charge in [0.25, 0.3) is 5.56 Å². The number of rotatable bonds is 8. The first-order chi connectivity index (χ1) is 13.5. The Hall–Kier alpha value is -2.54. The highest BCUT2D eigenvalue weighted by molar-refractivity contribution is 7.18. The second kappa shape index (κ2) is 8.65. The quantitative estimate of drug-likeness (QED) is 0.581. The van der Waals surface area contributed by atoms with Gasteiger partial charge < -0.3 is 19.8 Å². The third-order valence-electron chi connectivity index (χ3n) is 5.00. The van der Waals surface area contributed by atoms with Gasteiger partial charge in [-0.25, -0.2) is 4.98 Å². The van der Waals surface area contributed by atoms with Gasteiger partial charge >= 0.3 is 0 Å². The summed E-state index contributed by atoms with van der Waals surface area (Å²) in [5.74, 6) is 2.47. The first-order valence-corrected chi connectivity index (χ1v) is 10.3. The standard InChI is InChI=1S/C21H27N3O3S/c1-6-12(2)9-15-13(3)28-21-19(15)20(25)23-18(24-21)11-22-14-7-8-16(26-4)17(10-14)27-5/h7-8,10,12,22H,6,9,11H2,1-5H3,(H,23,24,25)/t12-/m1/s1. The van der Waals surface area contributed by atoms with Crippen LogP contribution in [-0.2, 0) is 13.0 Å². The summed E-state index contributed by atoms with van der Waals surface area (Å²) >= 11 is 1.60. The fraction of sp³-hybridized carbons (Fsp3) is 0.429. The number of nitrogens with zero attached hydrogens (tertiary/aromatic N) is 1. The Morgan fingerprint density at radius 3 is 2.68 bits per heavy atom. The van der Waals surface area contributed by atoms with E-state index in [1.807, 2.05) is 18.2 Å². The van der Waals surface area contributed by atoms with Crippen LogP contribution in [0, 0.1) is 12.8 Å². The molecule has 6 nitrogen and oxygen atoms in total. The Morgan fingerprint density at radius 1 is 1.25 bits per heavy atom. The lowest BCUT2D eigenvalue weighted by Gasteiger charge is -2.11. The van der Waals surface area contributed by atoms with E-state index in [-0.39, 0.29) is 5.56 Å². The summed E-state index contributed by atoms with van der Waals surface area (Å²) in [6.07, 6.45) is 2.01. The molecule has 0 saturated heterocycles. The van der Waals surface area contributed by atoms with Crippen molar-refractivity contribution >= 4 is 27.2 Å². The van der Waals surface area contributed by atoms with Crippen molar-refractivity contribution in [1.29, 1.82) is 0 Å². The smallest absolute Gasteiger partial charge is 0.259 e. The molecule has 1 atom stereocenters. The van der Waals surface area contributed by atoms with Crippen molar-refractivity contribution in [2.24, 2.45) is 5.92 Å². The molecule has 3 rings (SSSR count). The van der Waals surface area contributed by atoms with E-state index in [9.17, 15) is 4.79 Å². The van der Waals surface area contributed by atoms with E-state index in [4.69, 9.17) is 9.47 Å². The fourth-order valence-corrected chi connectivity index (χ4v) is 4.25. The van der Waals surface area contributed by atoms with Crippen LogP contribution in [0.5, 0.6) is 11.5 Å². The number of hydrogen-bond acceptors (Lipinski definition) is 6. The maximum Gasteiger partial charge on any atom is 0.259 e. The van der Waals surface area contributed by atoms with Crippen LogP contribution in [0.2, 0.25) is 0 Å². The van der Waals surface area contributed by atoms with Crippen molar-refractivity contribution in [2.45, 2.75) is 40.2 Å². The fourth-order valence-electron chi connectivity index (χ4n) is 3.17. The zero-order chi connectivity index (χ0) is 20.3. The van der Waals surface area contributed by atoms with Gasteiger partial charge in [-0.05, 0) is 37.0 Å². The molecule has 2 aromatic heterocycles. The van der Waals surface area contributed by atoms with Crippen molar-refractivity contribution in [3.63, 3.8) is 0 Å². The Morgan fingerprint density at radius 2 is 2.00 bits per heavy atom. The number of H-pyrrole nitrogens is 1. The third kappa shape index (κ3) is 4.14. The highest BCUT2D eigenvalue weighted by Gasteiger charge is 2.16. The largest absolute Gasteiger partial charge is 0.493 e. The molecule has 1 aromatic carbocycles. The lowest BCUT2D eigenvalue weighted by molar-refractivity contribution is 0.355. The molecule has 2 heterocycles. The van der Waals surface area contributed by atoms with E-state index >= 15 is 0 Å². The Kier molecular flexibility index (Phi) is 6.24. The van der Waals surface area contributed by atoms with E-state index in [1.54, 1.807) is 25.6 Å². The molecule has 0 aliphatic rings. The molecular weight excluding hydrogens is 374 g/mol. The number of aryl methyl sites for hydroxylation is 1. The molecule has 0 amide bonds. The molecule has 7 heteroatoms. The minimum atomic E-state index is -0.0586. The van der Waals surface area contributed by atoms with Crippen molar-refractivity contribution in [3.05, 3.63) is 44.8 Å². The van der Waals surface area contributed by atoms with Gasteiger partial charge in [0, 0.05) is 16.6 Å². The predicted octanol–water partition coefficient (Wildman–Crippen LogP) is 4.51. The lowest BCUT2D eigenvalue weighted by Crippen LogP contribution is -2.15. The molecule has 0 aliphatic heterocycles. The molecule has 0 aliphatic carbocycles. The number of nitrogens with one attached hydrogen (secondary N) is 2. The topological polar surface area (TPSA) is 76.2 Å². The predicted molar refractivity (Wildman–Crippen MR) is 115 cm³/mol. The molecule has 0 saturated carbocycles. The zero-order valence-corrected chi connectivity index (χ0v) is 17.8. The van der Waals surface area contributed by atoms with E-state index < -0.39 is 0 Å². The van der Waals surface area contributed by atoms with Gasteiger partial charge in [-0.1, -0.05) is 20.3 Å². The van der Waals surface area contributed by atoms with Crippen molar-refractivity contribution in [1.82, 2.24) is 9.97 Å². The van der Waals surface area contributed by atoms with Gasteiger partial charge in [-0.15, -0.1) is 11.3 Å². The number of benzene rings is 1. The summed E-state index contributed by atoms with van der Waals surface area (Å²) in [5, 5.41) is 4.03. The number of thiophene rings is 1. The first-order valence-electron chi connectivity index (χ1n) is 9.43. The summed E-state index contributed by atoms with van der Waals surface area (Å²) in [4.78, 5) is 22.4. The average Bonchev–Trinajstić information content (AvgIpc) is 3.01. The third-order valence-corrected chi connectivity index (χ3v) is 6.05. The van der Waals surface area contributed by atoms with E-state index in [1.165, 1.54) is 4.88 Å². The Labute approximate surface area is 168 Å². The van der Waals surface area contributed by atoms with Gasteiger partial charge in [0.1, 0.15) is 10.7 Å². The Balaban J connectivity index is 1.84. The number of anilines is 1. The van der Waals surface area contributed by atoms with Gasteiger partial charge in [0.2, 0.25) is 0 Å². The van der Waals surface area contributed by atoms with Crippen molar-refractivity contribution in [2.75, 3.05) is 19.5 Å². The van der Waals surface area contributed by atoms with Crippen LogP contribution in [0.25, 0.3) is 10.2 Å². The lowest BCUT2D eigenvalue weighted by atomic mass is 9.98. The summed E-state index contributed by atoms with van der Waals surface area (Å²) in [6.45, 7) is 6.88. The minimum absolute atomic E-state index is 0.0586. The summed E-state index contributed by atoms with van der Waals surface area (Å²) in [5.41, 5.74) is 1.94. The number of methoxy groups -OCH3 is 2. The molecule has 0 bridgehead atoms. The number of hydrogen-bond donors (Lipinski definition) is 2. The highest BCUT2D eigenvalue weighted by Crippen LogP contribution is 2.31. The molecule has 2 N–H and O–H groups in total. The highest BCUT2D eigenvalue weighted by atomic mass is 32.1. The summed E-state index contributed by atoms with van der Waals surface area (Å²) < 4.78 is 10.6. The Bertz CT molecular complexity index is 1030. The van der Waals surface area contributed by atoms with Gasteiger partial charge in [0.15, 0.2) is 11.5 Å². The molecule has 0 radical (unpaired) electrons. The minimum Gasteiger partial charge on any atom is -0.493 e. The second-order valence-electron chi connectivity index (χ2n) is 6.97. The van der Waals surface area contributed by atoms with Gasteiger partial charge in [-0.3, -0.25) is 4.79 Å². The van der Waals surface area contributed by atoms with E-state index in [0.29, 0.717) is 29.8 Å². The zero-order valence-electron chi connectivity index (χ0n) is 17.0. The summed E-state index contributed by atoms with van der Waals surface area (Å²) in [6, 6.07) is 5.59. The second-order valence-corrected chi connectivity index (χ2v) is 8.17. The number of ether oxygens (including phenoxy) is 2. The molecule has 0 unspecified atom stereocenters. The van der Waals surface area contributed by atoms with Crippen LogP contribution in [0.3, 0.4) is 0 Å². The molecule has 0 spiro atoms. The van der Waals surface area contributed by atoms with Crippen LogP contribution < -0.4 is 20.3 Å². The average molecular weight is 402 g/mol. The van der Waals surface area contributed by atoms with Crippen LogP contribution in [-0.4, -0.2) is 24.2 Å². The summed E-state index contributed by atoms with van der Waals surface area (Å²) in [7, 11) is 3.21. The van der Waals surface area contributed by atoms with Crippen molar-refractivity contribution < 1.29 is 9.47 Å². The molecule has 3 aromatic rings. The van der Waals surface area contributed by atoms with Crippen molar-refractivity contribution in [3.8, 4) is 11.5 Å². The monoisotopic (exact) mass is 401 g/mol. The van der Waals surface area contributed by atoms with Crippen LogP contribution in [0.15, 0.2) is 23.0 Å². The number of aromatic nitrogens is 2. The van der Waals surface area contributed by atoms with Crippen LogP contribution >= 0.6 is 11.3 Å². The number of fused-ring (bicyclic) bond motifs is 1. The van der Waals surface area contributed by atoms with E-state index in [0.717, 1.165) is 34.3 Å². The maximum atomic E-state index is 12.7.